The Hall–Kier alpha value is -1.62. The molecule has 6 rings (SSSR count). The third-order valence-electron chi connectivity index (χ3n) is 8.10. The minimum atomic E-state index is -0.742. The van der Waals surface area contributed by atoms with Gasteiger partial charge in [0.1, 0.15) is 0 Å². The van der Waals surface area contributed by atoms with Gasteiger partial charge >= 0.3 is 12.1 Å². The molecule has 4 heterocycles. The maximum Gasteiger partial charge on any atom is 0.324 e. The third kappa shape index (κ3) is 3.13. The SMILES string of the molecule is CN1C(=O)N(C2CCCCC2)[C@@H]2O[C@H]([C@@H]3O[C@H]4[C@H](O3)N(C3CCCCC3)C(=O)N4C)O[C@H]21. The molecule has 0 aromatic rings. The van der Waals surface area contributed by atoms with Gasteiger partial charge in [-0.05, 0) is 25.7 Å². The number of rotatable bonds is 3. The van der Waals surface area contributed by atoms with Crippen molar-refractivity contribution in [2.45, 2.75) is 114 Å². The van der Waals surface area contributed by atoms with Gasteiger partial charge < -0.3 is 18.9 Å². The molecular formula is C22H34N4O6. The van der Waals surface area contributed by atoms with E-state index in [-0.39, 0.29) is 24.1 Å². The summed E-state index contributed by atoms with van der Waals surface area (Å²) in [6.07, 6.45) is 7.63. The highest BCUT2D eigenvalue weighted by molar-refractivity contribution is 5.78. The van der Waals surface area contributed by atoms with Gasteiger partial charge in [-0.2, -0.15) is 0 Å². The summed E-state index contributed by atoms with van der Waals surface area (Å²) in [5.74, 6) is 0. The Kier molecular flexibility index (Phi) is 5.24. The van der Waals surface area contributed by atoms with Crippen molar-refractivity contribution in [3.05, 3.63) is 0 Å². The molecule has 0 radical (unpaired) electrons. The van der Waals surface area contributed by atoms with E-state index in [2.05, 4.69) is 0 Å². The first-order chi connectivity index (χ1) is 15.5. The van der Waals surface area contributed by atoms with E-state index in [4.69, 9.17) is 18.9 Å². The fourth-order valence-electron chi connectivity index (χ4n) is 6.36. The highest BCUT2D eigenvalue weighted by Gasteiger charge is 2.60. The molecule has 0 bridgehead atoms. The quantitative estimate of drug-likeness (QED) is 0.657. The van der Waals surface area contributed by atoms with Gasteiger partial charge in [0.2, 0.25) is 12.6 Å². The predicted octanol–water partition coefficient (Wildman–Crippen LogP) is 2.44. The van der Waals surface area contributed by atoms with Crippen LogP contribution in [0, 0.1) is 0 Å². The van der Waals surface area contributed by atoms with E-state index in [1.807, 2.05) is 9.80 Å². The Bertz CT molecular complexity index is 695. The fourth-order valence-corrected chi connectivity index (χ4v) is 6.36. The Morgan fingerprint density at radius 3 is 1.28 bits per heavy atom. The lowest BCUT2D eigenvalue weighted by Crippen LogP contribution is -2.47. The molecular weight excluding hydrogens is 416 g/mol. The van der Waals surface area contributed by atoms with Gasteiger partial charge in [-0.3, -0.25) is 19.6 Å². The van der Waals surface area contributed by atoms with Gasteiger partial charge in [0.15, 0.2) is 24.9 Å². The van der Waals surface area contributed by atoms with Gasteiger partial charge in [-0.15, -0.1) is 0 Å². The Balaban J connectivity index is 1.16. The Morgan fingerprint density at radius 1 is 0.562 bits per heavy atom. The molecule has 10 nitrogen and oxygen atoms in total. The number of hydrogen-bond acceptors (Lipinski definition) is 6. The number of likely N-dealkylation sites (N-methyl/N-ethyl adjacent to an activating group) is 2. The van der Waals surface area contributed by atoms with E-state index in [1.165, 1.54) is 12.8 Å². The summed E-state index contributed by atoms with van der Waals surface area (Å²) in [7, 11) is 3.52. The first-order valence-corrected chi connectivity index (χ1v) is 12.3. The maximum absolute atomic E-state index is 12.9. The normalized spacial score (nSPS) is 41.2. The minimum Gasteiger partial charge on any atom is -0.319 e. The second-order valence-corrected chi connectivity index (χ2v) is 10.0. The minimum absolute atomic E-state index is 0.0377. The second kappa shape index (κ2) is 8.00. The summed E-state index contributed by atoms with van der Waals surface area (Å²) in [5.41, 5.74) is 0. The standard InChI is InChI=1S/C22H34N4O6/c1-23-15-17(25(21(23)27)13-9-5-3-6-10-13)31-19(29-15)20-30-16-18(32-20)26(22(28)24(16)2)14-11-7-4-8-12-14/h13-20H,3-12H2,1-2H3/t15-,16+,17-,18+,19-,20-/m1/s1. The van der Waals surface area contributed by atoms with Gasteiger partial charge in [-0.1, -0.05) is 38.5 Å². The van der Waals surface area contributed by atoms with Gasteiger partial charge in [-0.25, -0.2) is 9.59 Å². The van der Waals surface area contributed by atoms with Crippen molar-refractivity contribution in [1.82, 2.24) is 19.6 Å². The summed E-state index contributed by atoms with van der Waals surface area (Å²) in [6.45, 7) is 0. The topological polar surface area (TPSA) is 84.0 Å². The van der Waals surface area contributed by atoms with Gasteiger partial charge in [0.05, 0.1) is 0 Å². The lowest BCUT2D eigenvalue weighted by Gasteiger charge is -2.34. The average molecular weight is 451 g/mol. The zero-order chi connectivity index (χ0) is 22.0. The number of urea groups is 2. The molecule has 2 aliphatic carbocycles. The van der Waals surface area contributed by atoms with Crippen LogP contribution in [0.25, 0.3) is 0 Å². The molecule has 6 fully saturated rings. The number of hydrogen-bond donors (Lipinski definition) is 0. The number of carbonyl (C=O) groups excluding carboxylic acids is 2. The van der Waals surface area contributed by atoms with Crippen LogP contribution in [-0.2, 0) is 18.9 Å². The largest absolute Gasteiger partial charge is 0.324 e. The lowest BCUT2D eigenvalue weighted by atomic mass is 9.94. The van der Waals surface area contributed by atoms with Crippen molar-refractivity contribution in [1.29, 1.82) is 0 Å². The molecule has 4 saturated heterocycles. The molecule has 0 spiro atoms. The van der Waals surface area contributed by atoms with Crippen molar-refractivity contribution >= 4 is 12.1 Å². The molecule has 6 atom stereocenters. The van der Waals surface area contributed by atoms with Crippen molar-refractivity contribution in [3.63, 3.8) is 0 Å². The first-order valence-electron chi connectivity index (χ1n) is 12.3. The molecule has 2 saturated carbocycles. The number of nitrogens with zero attached hydrogens (tertiary/aromatic N) is 4. The zero-order valence-electron chi connectivity index (χ0n) is 18.9. The molecule has 4 amide bonds. The average Bonchev–Trinajstić information content (AvgIpc) is 3.54. The summed E-state index contributed by atoms with van der Waals surface area (Å²) >= 11 is 0. The van der Waals surface area contributed by atoms with E-state index in [9.17, 15) is 9.59 Å². The van der Waals surface area contributed by atoms with Gasteiger partial charge in [0.25, 0.3) is 0 Å². The highest BCUT2D eigenvalue weighted by atomic mass is 16.8. The van der Waals surface area contributed by atoms with Crippen LogP contribution < -0.4 is 0 Å². The van der Waals surface area contributed by atoms with Crippen molar-refractivity contribution in [3.8, 4) is 0 Å². The van der Waals surface area contributed by atoms with Crippen LogP contribution >= 0.6 is 0 Å². The van der Waals surface area contributed by atoms with Crippen LogP contribution in [0.15, 0.2) is 0 Å². The molecule has 4 aliphatic heterocycles. The Labute approximate surface area is 188 Å². The van der Waals surface area contributed by atoms with E-state index in [0.29, 0.717) is 0 Å². The van der Waals surface area contributed by atoms with E-state index in [1.54, 1.807) is 23.9 Å². The summed E-state index contributed by atoms with van der Waals surface area (Å²) in [5, 5.41) is 0. The number of ether oxygens (including phenoxy) is 4. The van der Waals surface area contributed by atoms with Crippen LogP contribution in [0.1, 0.15) is 64.2 Å². The maximum atomic E-state index is 12.9. The molecule has 10 heteroatoms. The molecule has 0 N–H and O–H groups in total. The summed E-state index contributed by atoms with van der Waals surface area (Å²) in [6, 6.07) is 0.298. The summed E-state index contributed by atoms with van der Waals surface area (Å²) < 4.78 is 24.8. The first kappa shape index (κ1) is 20.9. The summed E-state index contributed by atoms with van der Waals surface area (Å²) in [4.78, 5) is 32.7. The molecule has 6 aliphatic rings. The number of carbonyl (C=O) groups is 2. The van der Waals surface area contributed by atoms with Crippen molar-refractivity contribution in [2.75, 3.05) is 14.1 Å². The highest BCUT2D eigenvalue weighted by Crippen LogP contribution is 2.42. The molecule has 0 aromatic carbocycles. The van der Waals surface area contributed by atoms with Crippen LogP contribution in [0.5, 0.6) is 0 Å². The van der Waals surface area contributed by atoms with Crippen LogP contribution in [-0.4, -0.2) is 95.3 Å². The molecule has 178 valence electrons. The second-order valence-electron chi connectivity index (χ2n) is 10.0. The van der Waals surface area contributed by atoms with E-state index < -0.39 is 37.5 Å². The van der Waals surface area contributed by atoms with Crippen LogP contribution in [0.4, 0.5) is 9.59 Å². The van der Waals surface area contributed by atoms with Crippen molar-refractivity contribution < 1.29 is 28.5 Å². The fraction of sp³-hybridized carbons (Fsp3) is 0.909. The monoisotopic (exact) mass is 450 g/mol. The van der Waals surface area contributed by atoms with Crippen LogP contribution in [0.2, 0.25) is 0 Å². The smallest absolute Gasteiger partial charge is 0.319 e. The number of fused-ring (bicyclic) bond motifs is 2. The third-order valence-corrected chi connectivity index (χ3v) is 8.10. The van der Waals surface area contributed by atoms with E-state index >= 15 is 0 Å². The molecule has 32 heavy (non-hydrogen) atoms. The molecule has 0 unspecified atom stereocenters. The van der Waals surface area contributed by atoms with Gasteiger partial charge in [0, 0.05) is 26.2 Å². The van der Waals surface area contributed by atoms with Crippen molar-refractivity contribution in [2.24, 2.45) is 0 Å². The molecule has 0 aromatic heterocycles. The number of amides is 4. The zero-order valence-corrected chi connectivity index (χ0v) is 18.9. The lowest BCUT2D eigenvalue weighted by molar-refractivity contribution is -0.243. The van der Waals surface area contributed by atoms with E-state index in [0.717, 1.165) is 51.4 Å². The predicted molar refractivity (Wildman–Crippen MR) is 111 cm³/mol. The Morgan fingerprint density at radius 2 is 0.906 bits per heavy atom. The van der Waals surface area contributed by atoms with Crippen LogP contribution in [0.3, 0.4) is 0 Å².